The molecule has 49 heavy (non-hydrogen) atoms. The summed E-state index contributed by atoms with van der Waals surface area (Å²) < 4.78 is 62.3. The van der Waals surface area contributed by atoms with Crippen molar-refractivity contribution < 1.29 is 34.1 Å². The van der Waals surface area contributed by atoms with Gasteiger partial charge in [-0.25, -0.2) is 0 Å². The van der Waals surface area contributed by atoms with E-state index in [4.69, 9.17) is 14.0 Å². The SMILES string of the molecule is [2H]C(C)(C)c1cc(-c2[c-]cccc2)ncc1[Si](C)(C)C.[2H]C([2H])([2H])c1ccnc(-c2[c-]cc(C([2H])([2H])[2H])c3c2oc2cc4c(ccc5ccccc54)cc23)c1.[Ir]. The number of aromatic nitrogens is 2. The molecule has 1 radical (unpaired) electrons. The number of pyridine rings is 2. The number of aryl methyl sites for hydroxylation is 2. The summed E-state index contributed by atoms with van der Waals surface area (Å²) in [7, 11) is -1.50. The Labute approximate surface area is 313 Å². The standard InChI is InChI=1S/C27H18NO.C17H22NSi.Ir/c1-16-11-12-28-24(13-16)21-10-7-17(2)26-23-14-19-9-8-18-5-3-4-6-20(18)22(19)15-25(23)29-27(21)26;1-13(2)15-11-16(14-9-7-6-8-10-14)18-12-17(15)19(3,4)5;/h3-9,11-15H,1-2H3;6-9,11-13H,1-5H3;/q2*-1;/i1D3,2D3;13D;. The first-order chi connectivity index (χ1) is 25.8. The van der Waals surface area contributed by atoms with Crippen molar-refractivity contribution in [2.45, 2.75) is 53.1 Å². The van der Waals surface area contributed by atoms with E-state index >= 15 is 0 Å². The number of furan rings is 1. The summed E-state index contributed by atoms with van der Waals surface area (Å²) in [5, 5.41) is 6.55. The van der Waals surface area contributed by atoms with Gasteiger partial charge >= 0.3 is 0 Å². The molecule has 0 aliphatic rings. The molecule has 0 aliphatic carbocycles. The second-order valence-electron chi connectivity index (χ2n) is 13.3. The molecule has 3 heterocycles. The average Bonchev–Trinajstić information content (AvgIpc) is 3.51. The predicted octanol–water partition coefficient (Wildman–Crippen LogP) is 11.6. The Balaban J connectivity index is 0.000000217. The van der Waals surface area contributed by atoms with E-state index in [1.54, 1.807) is 0 Å². The quantitative estimate of drug-likeness (QED) is 0.101. The van der Waals surface area contributed by atoms with Crippen LogP contribution in [0, 0.1) is 25.8 Å². The van der Waals surface area contributed by atoms with Crippen LogP contribution in [0.3, 0.4) is 0 Å². The van der Waals surface area contributed by atoms with Gasteiger partial charge in [0.25, 0.3) is 0 Å². The number of fused-ring (bicyclic) bond motifs is 6. The van der Waals surface area contributed by atoms with Crippen molar-refractivity contribution in [1.82, 2.24) is 9.97 Å². The van der Waals surface area contributed by atoms with Crippen LogP contribution in [0.4, 0.5) is 0 Å². The number of hydrogen-bond acceptors (Lipinski definition) is 3. The van der Waals surface area contributed by atoms with E-state index in [0.29, 0.717) is 33.2 Å². The number of rotatable bonds is 4. The minimum atomic E-state index is -2.39. The van der Waals surface area contributed by atoms with Crippen LogP contribution in [0.5, 0.6) is 0 Å². The van der Waals surface area contributed by atoms with Gasteiger partial charge in [-0.2, -0.15) is 0 Å². The number of nitrogens with zero attached hydrogens (tertiary/aromatic N) is 2. The van der Waals surface area contributed by atoms with Gasteiger partial charge in [-0.3, -0.25) is 0 Å². The van der Waals surface area contributed by atoms with Gasteiger partial charge in [0.1, 0.15) is 5.58 Å². The van der Waals surface area contributed by atoms with Gasteiger partial charge in [0.2, 0.25) is 0 Å². The predicted molar refractivity (Wildman–Crippen MR) is 206 cm³/mol. The van der Waals surface area contributed by atoms with Gasteiger partial charge in [-0.15, -0.1) is 53.6 Å². The molecule has 0 saturated heterocycles. The minimum Gasteiger partial charge on any atom is -0.501 e. The molecule has 8 rings (SSSR count). The summed E-state index contributed by atoms with van der Waals surface area (Å²) in [6.07, 6.45) is 3.41. The smallest absolute Gasteiger partial charge is 0.121 e. The minimum absolute atomic E-state index is 0. The Bertz CT molecular complexity index is 2710. The molecule has 0 N–H and O–H groups in total. The van der Waals surface area contributed by atoms with Gasteiger partial charge in [-0.05, 0) is 69.1 Å². The molecule has 0 unspecified atom stereocenters. The van der Waals surface area contributed by atoms with E-state index in [0.717, 1.165) is 38.4 Å². The third-order valence-electron chi connectivity index (χ3n) is 8.66. The Kier molecular flexibility index (Phi) is 7.47. The summed E-state index contributed by atoms with van der Waals surface area (Å²) >= 11 is 0. The van der Waals surface area contributed by atoms with Gasteiger partial charge in [0.05, 0.1) is 13.7 Å². The molecule has 247 valence electrons. The maximum absolute atomic E-state index is 8.44. The summed E-state index contributed by atoms with van der Waals surface area (Å²) in [5.41, 5.74) is 4.89. The van der Waals surface area contributed by atoms with E-state index in [9.17, 15) is 0 Å². The molecule has 0 atom stereocenters. The second-order valence-corrected chi connectivity index (χ2v) is 18.3. The van der Waals surface area contributed by atoms with Crippen LogP contribution in [0.15, 0.2) is 114 Å². The zero-order valence-electron chi connectivity index (χ0n) is 35.0. The first-order valence-corrected chi connectivity index (χ1v) is 19.5. The van der Waals surface area contributed by atoms with Crippen LogP contribution >= 0.6 is 0 Å². The number of hydrogen-bond donors (Lipinski definition) is 0. The molecule has 0 aliphatic heterocycles. The van der Waals surface area contributed by atoms with Gasteiger partial charge in [0, 0.05) is 47.5 Å². The fourth-order valence-electron chi connectivity index (χ4n) is 6.25. The van der Waals surface area contributed by atoms with Crippen molar-refractivity contribution in [3.63, 3.8) is 0 Å². The van der Waals surface area contributed by atoms with Crippen molar-refractivity contribution in [1.29, 1.82) is 0 Å². The first-order valence-electron chi connectivity index (χ1n) is 19.5. The Morgan fingerprint density at radius 2 is 1.61 bits per heavy atom. The van der Waals surface area contributed by atoms with E-state index in [2.05, 4.69) is 47.8 Å². The fraction of sp³-hybridized carbons (Fsp3) is 0.182. The first kappa shape index (κ1) is 26.5. The molecule has 8 aromatic rings. The topological polar surface area (TPSA) is 38.9 Å². The van der Waals surface area contributed by atoms with Crippen molar-refractivity contribution in [2.75, 3.05) is 0 Å². The number of benzene rings is 5. The van der Waals surface area contributed by atoms with Gasteiger partial charge in [-0.1, -0.05) is 111 Å². The average molecular weight is 840 g/mol. The van der Waals surface area contributed by atoms with E-state index in [-0.39, 0.29) is 31.2 Å². The van der Waals surface area contributed by atoms with Crippen molar-refractivity contribution in [2.24, 2.45) is 0 Å². The summed E-state index contributed by atoms with van der Waals surface area (Å²) in [6.45, 7) is 6.10. The molecule has 0 bridgehead atoms. The molecule has 5 aromatic carbocycles. The molecule has 5 heteroatoms. The van der Waals surface area contributed by atoms with Crippen molar-refractivity contribution >= 4 is 56.7 Å². The third-order valence-corrected chi connectivity index (χ3v) is 10.7. The van der Waals surface area contributed by atoms with Crippen LogP contribution in [0.2, 0.25) is 19.6 Å². The monoisotopic (exact) mass is 840 g/mol. The van der Waals surface area contributed by atoms with E-state index in [1.807, 2.05) is 92.8 Å². The molecule has 3 nitrogen and oxygen atoms in total. The molecule has 0 spiro atoms. The molecule has 0 fully saturated rings. The zero-order chi connectivity index (χ0) is 39.5. The van der Waals surface area contributed by atoms with Crippen LogP contribution < -0.4 is 5.19 Å². The van der Waals surface area contributed by atoms with Gasteiger partial charge < -0.3 is 14.4 Å². The molecular formula is C44H40IrN2OSi-2. The third kappa shape index (κ3) is 6.76. The Morgan fingerprint density at radius 3 is 2.37 bits per heavy atom. The van der Waals surface area contributed by atoms with Crippen molar-refractivity contribution in [3.8, 4) is 22.5 Å². The Hall–Kier alpha value is -4.41. The van der Waals surface area contributed by atoms with Crippen LogP contribution in [-0.4, -0.2) is 18.0 Å². The molecule has 3 aromatic heterocycles. The normalized spacial score (nSPS) is 14.4. The summed E-state index contributed by atoms with van der Waals surface area (Å²) in [6, 6.07) is 36.5. The molecular weight excluding hydrogens is 793 g/mol. The second kappa shape index (κ2) is 13.8. The summed E-state index contributed by atoms with van der Waals surface area (Å²) in [4.78, 5) is 8.96. The van der Waals surface area contributed by atoms with Crippen LogP contribution in [-0.2, 0) is 20.1 Å². The maximum atomic E-state index is 8.44. The van der Waals surface area contributed by atoms with Crippen LogP contribution in [0.25, 0.3) is 66.0 Å². The van der Waals surface area contributed by atoms with E-state index < -0.39 is 27.7 Å². The Morgan fingerprint density at radius 1 is 0.796 bits per heavy atom. The maximum Gasteiger partial charge on any atom is 0.121 e. The van der Waals surface area contributed by atoms with Gasteiger partial charge in [0.15, 0.2) is 0 Å². The van der Waals surface area contributed by atoms with E-state index in [1.165, 1.54) is 29.6 Å². The van der Waals surface area contributed by atoms with Crippen LogP contribution in [0.1, 0.15) is 46.0 Å². The zero-order valence-corrected chi connectivity index (χ0v) is 31.4. The molecule has 0 saturated carbocycles. The fourth-order valence-corrected chi connectivity index (χ4v) is 7.83. The summed E-state index contributed by atoms with van der Waals surface area (Å²) in [5.74, 6) is -0.609. The molecule has 0 amide bonds. The largest absolute Gasteiger partial charge is 0.501 e. The van der Waals surface area contributed by atoms with Crippen molar-refractivity contribution in [3.05, 3.63) is 138 Å².